The van der Waals surface area contributed by atoms with E-state index in [0.29, 0.717) is 12.3 Å². The molecule has 110 valence electrons. The Balaban J connectivity index is 1.56. The largest absolute Gasteiger partial charge is 0.355 e. The SMILES string of the molecule is CN1CCN(CCNC(=O)C[C@@H]2CCC[C@H]2N)CC1. The lowest BCUT2D eigenvalue weighted by Crippen LogP contribution is -2.47. The Labute approximate surface area is 116 Å². The Morgan fingerprint density at radius 2 is 2.00 bits per heavy atom. The van der Waals surface area contributed by atoms with E-state index >= 15 is 0 Å². The van der Waals surface area contributed by atoms with Crippen LogP contribution in [0.25, 0.3) is 0 Å². The molecule has 0 unspecified atom stereocenters. The average molecular weight is 268 g/mol. The van der Waals surface area contributed by atoms with Gasteiger partial charge in [-0.1, -0.05) is 6.42 Å². The maximum Gasteiger partial charge on any atom is 0.220 e. The molecule has 0 aromatic heterocycles. The van der Waals surface area contributed by atoms with Crippen LogP contribution in [0.1, 0.15) is 25.7 Å². The summed E-state index contributed by atoms with van der Waals surface area (Å²) in [5, 5.41) is 3.04. The number of piperazine rings is 1. The summed E-state index contributed by atoms with van der Waals surface area (Å²) < 4.78 is 0. The first-order chi connectivity index (χ1) is 9.15. The summed E-state index contributed by atoms with van der Waals surface area (Å²) >= 11 is 0. The van der Waals surface area contributed by atoms with E-state index in [4.69, 9.17) is 5.73 Å². The molecule has 2 fully saturated rings. The van der Waals surface area contributed by atoms with E-state index < -0.39 is 0 Å². The molecule has 1 heterocycles. The predicted molar refractivity (Wildman–Crippen MR) is 76.9 cm³/mol. The highest BCUT2D eigenvalue weighted by Gasteiger charge is 2.25. The Morgan fingerprint density at radius 3 is 2.63 bits per heavy atom. The van der Waals surface area contributed by atoms with Crippen LogP contribution >= 0.6 is 0 Å². The molecule has 2 rings (SSSR count). The van der Waals surface area contributed by atoms with Gasteiger partial charge in [0, 0.05) is 51.7 Å². The molecule has 0 aromatic carbocycles. The fourth-order valence-electron chi connectivity index (χ4n) is 3.05. The van der Waals surface area contributed by atoms with Gasteiger partial charge in [-0.25, -0.2) is 0 Å². The fraction of sp³-hybridized carbons (Fsp3) is 0.929. The van der Waals surface area contributed by atoms with Crippen molar-refractivity contribution in [1.82, 2.24) is 15.1 Å². The van der Waals surface area contributed by atoms with Crippen LogP contribution in [0.5, 0.6) is 0 Å². The molecule has 1 aliphatic heterocycles. The molecule has 1 saturated carbocycles. The van der Waals surface area contributed by atoms with Crippen molar-refractivity contribution in [2.45, 2.75) is 31.7 Å². The third-order valence-electron chi connectivity index (χ3n) is 4.51. The van der Waals surface area contributed by atoms with Crippen molar-refractivity contribution in [1.29, 1.82) is 0 Å². The standard InChI is InChI=1S/C14H28N4O/c1-17-7-9-18(10-8-17)6-5-16-14(19)11-12-3-2-4-13(12)15/h12-13H,2-11,15H2,1H3,(H,16,19)/t12-,13+/m0/s1. The molecular formula is C14H28N4O. The molecule has 2 atom stereocenters. The van der Waals surface area contributed by atoms with E-state index in [0.717, 1.165) is 52.1 Å². The number of hydrogen-bond acceptors (Lipinski definition) is 4. The summed E-state index contributed by atoms with van der Waals surface area (Å²) in [4.78, 5) is 16.6. The summed E-state index contributed by atoms with van der Waals surface area (Å²) in [5.74, 6) is 0.583. The fourth-order valence-corrected chi connectivity index (χ4v) is 3.05. The first kappa shape index (κ1) is 14.8. The van der Waals surface area contributed by atoms with E-state index in [1.807, 2.05) is 0 Å². The zero-order valence-corrected chi connectivity index (χ0v) is 12.1. The minimum Gasteiger partial charge on any atom is -0.355 e. The number of carbonyl (C=O) groups is 1. The van der Waals surface area contributed by atoms with Gasteiger partial charge < -0.3 is 16.0 Å². The van der Waals surface area contributed by atoms with E-state index in [1.165, 1.54) is 6.42 Å². The molecule has 5 heteroatoms. The summed E-state index contributed by atoms with van der Waals surface area (Å²) in [7, 11) is 2.16. The van der Waals surface area contributed by atoms with E-state index in [1.54, 1.807) is 0 Å². The highest BCUT2D eigenvalue weighted by molar-refractivity contribution is 5.76. The van der Waals surface area contributed by atoms with Crippen molar-refractivity contribution < 1.29 is 4.79 Å². The van der Waals surface area contributed by atoms with Gasteiger partial charge in [-0.15, -0.1) is 0 Å². The Bertz CT molecular complexity index is 289. The smallest absolute Gasteiger partial charge is 0.220 e. The molecule has 0 spiro atoms. The van der Waals surface area contributed by atoms with Gasteiger partial charge in [-0.05, 0) is 25.8 Å². The number of carbonyl (C=O) groups excluding carboxylic acids is 1. The molecule has 3 N–H and O–H groups in total. The van der Waals surface area contributed by atoms with Crippen molar-refractivity contribution in [3.63, 3.8) is 0 Å². The van der Waals surface area contributed by atoms with E-state index in [-0.39, 0.29) is 11.9 Å². The Kier molecular flexibility index (Phi) is 5.60. The van der Waals surface area contributed by atoms with Crippen LogP contribution in [0.3, 0.4) is 0 Å². The predicted octanol–water partition coefficient (Wildman–Crippen LogP) is -0.132. The number of nitrogens with zero attached hydrogens (tertiary/aromatic N) is 2. The number of rotatable bonds is 5. The monoisotopic (exact) mass is 268 g/mol. The topological polar surface area (TPSA) is 61.6 Å². The second kappa shape index (κ2) is 7.22. The molecule has 19 heavy (non-hydrogen) atoms. The Morgan fingerprint density at radius 1 is 1.26 bits per heavy atom. The van der Waals surface area contributed by atoms with Gasteiger partial charge in [0.25, 0.3) is 0 Å². The molecule has 5 nitrogen and oxygen atoms in total. The first-order valence-corrected chi connectivity index (χ1v) is 7.58. The first-order valence-electron chi connectivity index (χ1n) is 7.58. The van der Waals surface area contributed by atoms with Crippen LogP contribution in [0.15, 0.2) is 0 Å². The number of amides is 1. The minimum atomic E-state index is 0.177. The van der Waals surface area contributed by atoms with Crippen molar-refractivity contribution in [3.05, 3.63) is 0 Å². The second-order valence-electron chi connectivity index (χ2n) is 6.05. The van der Waals surface area contributed by atoms with Crippen molar-refractivity contribution in [3.8, 4) is 0 Å². The lowest BCUT2D eigenvalue weighted by Gasteiger charge is -2.32. The van der Waals surface area contributed by atoms with Crippen molar-refractivity contribution in [2.75, 3.05) is 46.3 Å². The van der Waals surface area contributed by atoms with Gasteiger partial charge in [0.1, 0.15) is 0 Å². The third kappa shape index (κ3) is 4.75. The summed E-state index contributed by atoms with van der Waals surface area (Å²) in [6.07, 6.45) is 4.00. The van der Waals surface area contributed by atoms with Gasteiger partial charge >= 0.3 is 0 Å². The van der Waals surface area contributed by atoms with Gasteiger partial charge in [0.05, 0.1) is 0 Å². The summed E-state index contributed by atoms with van der Waals surface area (Å²) in [6.45, 7) is 6.22. The van der Waals surface area contributed by atoms with Gasteiger partial charge in [-0.3, -0.25) is 9.69 Å². The van der Waals surface area contributed by atoms with Crippen LogP contribution in [-0.2, 0) is 4.79 Å². The molecule has 0 radical (unpaired) electrons. The zero-order valence-electron chi connectivity index (χ0n) is 12.1. The normalized spacial score (nSPS) is 29.6. The van der Waals surface area contributed by atoms with E-state index in [2.05, 4.69) is 22.2 Å². The molecule has 1 amide bonds. The maximum absolute atomic E-state index is 11.8. The minimum absolute atomic E-state index is 0.177. The third-order valence-corrected chi connectivity index (χ3v) is 4.51. The van der Waals surface area contributed by atoms with Gasteiger partial charge in [-0.2, -0.15) is 0 Å². The van der Waals surface area contributed by atoms with Crippen LogP contribution in [0, 0.1) is 5.92 Å². The highest BCUT2D eigenvalue weighted by Crippen LogP contribution is 2.26. The number of nitrogens with one attached hydrogen (secondary N) is 1. The van der Waals surface area contributed by atoms with E-state index in [9.17, 15) is 4.79 Å². The maximum atomic E-state index is 11.8. The lowest BCUT2D eigenvalue weighted by molar-refractivity contribution is -0.122. The second-order valence-corrected chi connectivity index (χ2v) is 6.05. The highest BCUT2D eigenvalue weighted by atomic mass is 16.1. The molecule has 0 aromatic rings. The molecule has 1 saturated heterocycles. The number of nitrogens with two attached hydrogens (primary N) is 1. The van der Waals surface area contributed by atoms with Crippen LogP contribution < -0.4 is 11.1 Å². The lowest BCUT2D eigenvalue weighted by atomic mass is 10.00. The van der Waals surface area contributed by atoms with Crippen LogP contribution in [-0.4, -0.2) is 68.1 Å². The summed E-state index contributed by atoms with van der Waals surface area (Å²) in [5.41, 5.74) is 5.99. The zero-order chi connectivity index (χ0) is 13.7. The average Bonchev–Trinajstić information content (AvgIpc) is 2.78. The summed E-state index contributed by atoms with van der Waals surface area (Å²) in [6, 6.07) is 0.239. The van der Waals surface area contributed by atoms with Gasteiger partial charge in [0.15, 0.2) is 0 Å². The Hall–Kier alpha value is -0.650. The van der Waals surface area contributed by atoms with Gasteiger partial charge in [0.2, 0.25) is 5.91 Å². The van der Waals surface area contributed by atoms with Crippen LogP contribution in [0.2, 0.25) is 0 Å². The molecule has 0 bridgehead atoms. The van der Waals surface area contributed by atoms with Crippen molar-refractivity contribution in [2.24, 2.45) is 11.7 Å². The molecule has 2 aliphatic rings. The van der Waals surface area contributed by atoms with Crippen LogP contribution in [0.4, 0.5) is 0 Å². The quantitative estimate of drug-likeness (QED) is 0.729. The molecular weight excluding hydrogens is 240 g/mol. The number of likely N-dealkylation sites (N-methyl/N-ethyl adjacent to an activating group) is 1. The molecule has 1 aliphatic carbocycles. The van der Waals surface area contributed by atoms with Crippen molar-refractivity contribution >= 4 is 5.91 Å². The number of hydrogen-bond donors (Lipinski definition) is 2.